The number of carbonyl (C=O) groups is 1. The summed E-state index contributed by atoms with van der Waals surface area (Å²) in [6, 6.07) is 11.6. The van der Waals surface area contributed by atoms with Crippen molar-refractivity contribution in [3.63, 3.8) is 0 Å². The first-order chi connectivity index (χ1) is 13.0. The number of aromatic nitrogens is 1. The minimum absolute atomic E-state index is 0.0948. The molecule has 0 atom stereocenters. The molecular weight excluding hydrogens is 370 g/mol. The highest BCUT2D eigenvalue weighted by Crippen LogP contribution is 2.26. The largest absolute Gasteiger partial charge is 0.461 e. The van der Waals surface area contributed by atoms with E-state index in [0.29, 0.717) is 35.9 Å². The molecular formula is C18H17N3O5S. The average Bonchev–Trinajstić information content (AvgIpc) is 3.33. The molecule has 1 aliphatic rings. The van der Waals surface area contributed by atoms with Crippen molar-refractivity contribution in [1.29, 1.82) is 0 Å². The third-order valence-electron chi connectivity index (χ3n) is 4.25. The fraction of sp³-hybridized carbons (Fsp3) is 0.222. The number of hydrogen-bond donors (Lipinski definition) is 1. The maximum Gasteiger partial charge on any atom is 0.277 e. The van der Waals surface area contributed by atoms with Gasteiger partial charge in [0.1, 0.15) is 0 Å². The lowest BCUT2D eigenvalue weighted by Crippen LogP contribution is -2.37. The lowest BCUT2D eigenvalue weighted by molar-refractivity contribution is 0.101. The molecule has 0 saturated carbocycles. The van der Waals surface area contributed by atoms with Gasteiger partial charge in [0.2, 0.25) is 15.8 Å². The van der Waals surface area contributed by atoms with Gasteiger partial charge in [0.15, 0.2) is 11.5 Å². The van der Waals surface area contributed by atoms with Gasteiger partial charge in [0.25, 0.3) is 5.91 Å². The zero-order chi connectivity index (χ0) is 18.9. The fourth-order valence-corrected chi connectivity index (χ4v) is 4.56. The Morgan fingerprint density at radius 1 is 1.11 bits per heavy atom. The maximum absolute atomic E-state index is 12.4. The Labute approximate surface area is 155 Å². The molecule has 0 radical (unpaired) electrons. The van der Waals surface area contributed by atoms with E-state index in [1.807, 2.05) is 0 Å². The summed E-state index contributed by atoms with van der Waals surface area (Å²) in [6.45, 7) is 0.440. The Kier molecular flexibility index (Phi) is 4.44. The quantitative estimate of drug-likeness (QED) is 0.737. The van der Waals surface area contributed by atoms with Crippen LogP contribution in [0.15, 0.2) is 57.7 Å². The maximum atomic E-state index is 12.4. The smallest absolute Gasteiger partial charge is 0.277 e. The molecule has 1 fully saturated rings. The number of benzene rings is 1. The van der Waals surface area contributed by atoms with Crippen molar-refractivity contribution < 1.29 is 22.2 Å². The molecule has 3 aromatic rings. The molecule has 0 unspecified atom stereocenters. The average molecular weight is 387 g/mol. The van der Waals surface area contributed by atoms with Crippen molar-refractivity contribution in [2.24, 2.45) is 0 Å². The monoisotopic (exact) mass is 387 g/mol. The van der Waals surface area contributed by atoms with Crippen LogP contribution < -0.4 is 9.62 Å². The zero-order valence-corrected chi connectivity index (χ0v) is 15.1. The standard InChI is InChI=1S/C18H17N3O5S/c22-18(15-12-17(26-20-15)16-7-4-9-25-16)19-13-5-3-6-14(11-13)21-8-1-2-10-27(21,23)24/h3-7,9,11-12H,1-2,8,10H2,(H,19,22). The van der Waals surface area contributed by atoms with E-state index in [4.69, 9.17) is 8.94 Å². The van der Waals surface area contributed by atoms with Gasteiger partial charge in [0.05, 0.1) is 17.7 Å². The second-order valence-corrected chi connectivity index (χ2v) is 8.17. The molecule has 0 aliphatic carbocycles. The lowest BCUT2D eigenvalue weighted by Gasteiger charge is -2.28. The van der Waals surface area contributed by atoms with E-state index in [9.17, 15) is 13.2 Å². The third kappa shape index (κ3) is 3.59. The highest BCUT2D eigenvalue weighted by Gasteiger charge is 2.26. The van der Waals surface area contributed by atoms with Crippen molar-refractivity contribution in [3.8, 4) is 11.5 Å². The van der Waals surface area contributed by atoms with Crippen LogP contribution in [-0.2, 0) is 10.0 Å². The van der Waals surface area contributed by atoms with Gasteiger partial charge < -0.3 is 14.3 Å². The highest BCUT2D eigenvalue weighted by molar-refractivity contribution is 7.92. The topological polar surface area (TPSA) is 106 Å². The first kappa shape index (κ1) is 17.3. The van der Waals surface area contributed by atoms with Gasteiger partial charge in [-0.15, -0.1) is 0 Å². The number of anilines is 2. The van der Waals surface area contributed by atoms with Gasteiger partial charge in [-0.3, -0.25) is 9.10 Å². The van der Waals surface area contributed by atoms with Gasteiger partial charge in [-0.05, 0) is 43.2 Å². The summed E-state index contributed by atoms with van der Waals surface area (Å²) >= 11 is 0. The zero-order valence-electron chi connectivity index (χ0n) is 14.3. The summed E-state index contributed by atoms with van der Waals surface area (Å²) in [5.41, 5.74) is 1.10. The van der Waals surface area contributed by atoms with E-state index in [2.05, 4.69) is 10.5 Å². The summed E-state index contributed by atoms with van der Waals surface area (Å²) < 4.78 is 36.2. The number of amides is 1. The number of carbonyl (C=O) groups excluding carboxylic acids is 1. The summed E-state index contributed by atoms with van der Waals surface area (Å²) in [7, 11) is -3.31. The summed E-state index contributed by atoms with van der Waals surface area (Å²) in [5.74, 6) is 0.491. The van der Waals surface area contributed by atoms with Crippen LogP contribution in [0.5, 0.6) is 0 Å². The first-order valence-corrected chi connectivity index (χ1v) is 10.1. The van der Waals surface area contributed by atoms with Crippen molar-refractivity contribution in [2.45, 2.75) is 12.8 Å². The van der Waals surface area contributed by atoms with Gasteiger partial charge >= 0.3 is 0 Å². The summed E-state index contributed by atoms with van der Waals surface area (Å²) in [6.07, 6.45) is 2.97. The minimum atomic E-state index is -3.31. The second kappa shape index (κ2) is 6.92. The van der Waals surface area contributed by atoms with Crippen LogP contribution in [0.4, 0.5) is 11.4 Å². The number of furan rings is 1. The Balaban J connectivity index is 1.52. The van der Waals surface area contributed by atoms with E-state index in [-0.39, 0.29) is 11.4 Å². The molecule has 1 aliphatic heterocycles. The first-order valence-electron chi connectivity index (χ1n) is 8.45. The normalized spacial score (nSPS) is 16.2. The van der Waals surface area contributed by atoms with Gasteiger partial charge in [-0.25, -0.2) is 8.42 Å². The van der Waals surface area contributed by atoms with Crippen LogP contribution in [0.3, 0.4) is 0 Å². The Morgan fingerprint density at radius 2 is 2.00 bits per heavy atom. The molecule has 0 bridgehead atoms. The van der Waals surface area contributed by atoms with E-state index >= 15 is 0 Å². The van der Waals surface area contributed by atoms with E-state index in [1.54, 1.807) is 36.4 Å². The van der Waals surface area contributed by atoms with Gasteiger partial charge in [-0.1, -0.05) is 11.2 Å². The number of hydrogen-bond acceptors (Lipinski definition) is 6. The van der Waals surface area contributed by atoms with Crippen LogP contribution in [0.1, 0.15) is 23.3 Å². The lowest BCUT2D eigenvalue weighted by atomic mass is 10.2. The van der Waals surface area contributed by atoms with Crippen molar-refractivity contribution in [1.82, 2.24) is 5.16 Å². The highest BCUT2D eigenvalue weighted by atomic mass is 32.2. The van der Waals surface area contributed by atoms with Gasteiger partial charge in [0, 0.05) is 18.3 Å². The molecule has 4 rings (SSSR count). The van der Waals surface area contributed by atoms with Gasteiger partial charge in [-0.2, -0.15) is 0 Å². The molecule has 27 heavy (non-hydrogen) atoms. The number of nitrogens with zero attached hydrogens (tertiary/aromatic N) is 2. The molecule has 9 heteroatoms. The van der Waals surface area contributed by atoms with Crippen LogP contribution in [-0.4, -0.2) is 31.8 Å². The fourth-order valence-electron chi connectivity index (χ4n) is 2.93. The van der Waals surface area contributed by atoms with Crippen LogP contribution in [0.25, 0.3) is 11.5 Å². The third-order valence-corrected chi connectivity index (χ3v) is 6.12. The summed E-state index contributed by atoms with van der Waals surface area (Å²) in [5, 5.41) is 6.46. The Hall–Kier alpha value is -3.07. The predicted octanol–water partition coefficient (Wildman–Crippen LogP) is 3.12. The van der Waals surface area contributed by atoms with Crippen LogP contribution >= 0.6 is 0 Å². The molecule has 140 valence electrons. The van der Waals surface area contributed by atoms with Crippen LogP contribution in [0.2, 0.25) is 0 Å². The Morgan fingerprint density at radius 3 is 2.78 bits per heavy atom. The van der Waals surface area contributed by atoms with Crippen molar-refractivity contribution in [2.75, 3.05) is 21.9 Å². The predicted molar refractivity (Wildman–Crippen MR) is 99.0 cm³/mol. The van der Waals surface area contributed by atoms with E-state index in [1.165, 1.54) is 16.6 Å². The SMILES string of the molecule is O=C(Nc1cccc(N2CCCCS2(=O)=O)c1)c1cc(-c2ccco2)on1. The molecule has 0 spiro atoms. The molecule has 1 N–H and O–H groups in total. The number of sulfonamides is 1. The molecule has 3 heterocycles. The second-order valence-electron chi connectivity index (χ2n) is 6.15. The number of rotatable bonds is 4. The Bertz CT molecular complexity index is 1060. The molecule has 1 saturated heterocycles. The van der Waals surface area contributed by atoms with E-state index < -0.39 is 15.9 Å². The molecule has 1 amide bonds. The van der Waals surface area contributed by atoms with Crippen molar-refractivity contribution >= 4 is 27.3 Å². The number of nitrogens with one attached hydrogen (secondary N) is 1. The molecule has 2 aromatic heterocycles. The molecule has 1 aromatic carbocycles. The minimum Gasteiger partial charge on any atom is -0.461 e. The van der Waals surface area contributed by atoms with Crippen LogP contribution in [0, 0.1) is 0 Å². The molecule has 8 nitrogen and oxygen atoms in total. The van der Waals surface area contributed by atoms with Crippen molar-refractivity contribution in [3.05, 3.63) is 54.4 Å². The summed E-state index contributed by atoms with van der Waals surface area (Å²) in [4.78, 5) is 12.4. The van der Waals surface area contributed by atoms with E-state index in [0.717, 1.165) is 6.42 Å².